The smallest absolute Gasteiger partial charge is 0.338 e. The third kappa shape index (κ3) is 7.76. The fourth-order valence-corrected chi connectivity index (χ4v) is 10.8. The van der Waals surface area contributed by atoms with Crippen LogP contribution in [-0.4, -0.2) is 56.2 Å². The molecule has 236 valence electrons. The fraction of sp³-hybridized carbons (Fsp3) is 0.432. The highest BCUT2D eigenvalue weighted by atomic mass is 28.4. The first kappa shape index (κ1) is 33.8. The first-order valence-electron chi connectivity index (χ1n) is 15.6. The van der Waals surface area contributed by atoms with Crippen molar-refractivity contribution in [3.8, 4) is 0 Å². The number of hydrogen-bond acceptors (Lipinski definition) is 6. The molecular formula is C37H48O6Si. The number of ether oxygens (including phenoxy) is 3. The number of aliphatic hydroxyl groups is 1. The molecule has 0 radical (unpaired) electrons. The molecule has 3 aromatic rings. The first-order valence-corrected chi connectivity index (χ1v) is 17.5. The summed E-state index contributed by atoms with van der Waals surface area (Å²) in [6.07, 6.45) is 2.41. The predicted molar refractivity (Wildman–Crippen MR) is 178 cm³/mol. The van der Waals surface area contributed by atoms with Gasteiger partial charge in [0.15, 0.2) is 5.79 Å². The average Bonchev–Trinajstić information content (AvgIpc) is 3.32. The quantitative estimate of drug-likeness (QED) is 0.147. The first-order chi connectivity index (χ1) is 20.9. The van der Waals surface area contributed by atoms with Gasteiger partial charge in [-0.05, 0) is 66.7 Å². The number of carbonyl (C=O) groups is 1. The SMILES string of the molecule is C[C@H](C=CC(OC(=O)c1ccccc1)C1OC(C)(C)OC1CCO)[C@H](C)O[Si](c1ccccc1)(c1ccccc1)C(C)(C)C. The molecule has 1 fully saturated rings. The second kappa shape index (κ2) is 14.4. The zero-order valence-corrected chi connectivity index (χ0v) is 28.1. The Kier molecular flexibility index (Phi) is 11.0. The molecule has 0 aliphatic carbocycles. The Bertz CT molecular complexity index is 1310. The minimum absolute atomic E-state index is 0.0267. The molecule has 5 atom stereocenters. The van der Waals surface area contributed by atoms with Crippen molar-refractivity contribution < 1.29 is 28.5 Å². The van der Waals surface area contributed by atoms with Crippen LogP contribution in [0.3, 0.4) is 0 Å². The van der Waals surface area contributed by atoms with Gasteiger partial charge in [-0.25, -0.2) is 4.79 Å². The summed E-state index contributed by atoms with van der Waals surface area (Å²) in [5.41, 5.74) is 0.458. The maximum absolute atomic E-state index is 13.2. The van der Waals surface area contributed by atoms with Gasteiger partial charge in [0, 0.05) is 12.7 Å². The van der Waals surface area contributed by atoms with E-state index in [-0.39, 0.29) is 23.7 Å². The molecule has 6 nitrogen and oxygen atoms in total. The summed E-state index contributed by atoms with van der Waals surface area (Å²) in [5.74, 6) is -1.34. The Hall–Kier alpha value is -3.07. The third-order valence-corrected chi connectivity index (χ3v) is 13.5. The van der Waals surface area contributed by atoms with Gasteiger partial charge >= 0.3 is 5.97 Å². The molecule has 7 heteroatoms. The summed E-state index contributed by atoms with van der Waals surface area (Å²) >= 11 is 0. The van der Waals surface area contributed by atoms with Gasteiger partial charge in [-0.15, -0.1) is 0 Å². The molecule has 3 unspecified atom stereocenters. The lowest BCUT2D eigenvalue weighted by molar-refractivity contribution is -0.153. The van der Waals surface area contributed by atoms with Crippen LogP contribution in [0.5, 0.6) is 0 Å². The van der Waals surface area contributed by atoms with E-state index in [1.807, 2.05) is 38.1 Å². The Morgan fingerprint density at radius 1 is 0.886 bits per heavy atom. The molecule has 1 N–H and O–H groups in total. The van der Waals surface area contributed by atoms with Crippen molar-refractivity contribution >= 4 is 24.7 Å². The van der Waals surface area contributed by atoms with Crippen LogP contribution in [-0.2, 0) is 18.6 Å². The van der Waals surface area contributed by atoms with Gasteiger partial charge in [0.2, 0.25) is 0 Å². The van der Waals surface area contributed by atoms with Gasteiger partial charge in [-0.1, -0.05) is 113 Å². The van der Waals surface area contributed by atoms with Gasteiger partial charge in [-0.3, -0.25) is 0 Å². The van der Waals surface area contributed by atoms with E-state index in [0.29, 0.717) is 12.0 Å². The summed E-state index contributed by atoms with van der Waals surface area (Å²) in [6, 6.07) is 30.1. The van der Waals surface area contributed by atoms with Crippen LogP contribution < -0.4 is 10.4 Å². The number of esters is 1. The summed E-state index contributed by atoms with van der Waals surface area (Å²) in [4.78, 5) is 13.2. The number of hydrogen-bond donors (Lipinski definition) is 1. The van der Waals surface area contributed by atoms with Crippen molar-refractivity contribution in [2.45, 2.75) is 90.1 Å². The summed E-state index contributed by atoms with van der Waals surface area (Å²) in [5, 5.41) is 12.0. The lowest BCUT2D eigenvalue weighted by atomic mass is 10.0. The summed E-state index contributed by atoms with van der Waals surface area (Å²) in [7, 11) is -2.76. The van der Waals surface area contributed by atoms with Gasteiger partial charge < -0.3 is 23.7 Å². The van der Waals surface area contributed by atoms with Crippen LogP contribution in [0.2, 0.25) is 5.04 Å². The molecule has 1 aliphatic rings. The van der Waals surface area contributed by atoms with E-state index in [1.165, 1.54) is 10.4 Å². The van der Waals surface area contributed by atoms with Crippen molar-refractivity contribution in [3.63, 3.8) is 0 Å². The van der Waals surface area contributed by atoms with E-state index >= 15 is 0 Å². The summed E-state index contributed by atoms with van der Waals surface area (Å²) < 4.78 is 25.8. The van der Waals surface area contributed by atoms with Gasteiger partial charge in [0.1, 0.15) is 12.2 Å². The lowest BCUT2D eigenvalue weighted by Gasteiger charge is -2.45. The van der Waals surface area contributed by atoms with Crippen LogP contribution in [0.4, 0.5) is 0 Å². The molecule has 0 spiro atoms. The normalized spacial score (nSPS) is 20.7. The molecule has 44 heavy (non-hydrogen) atoms. The highest BCUT2D eigenvalue weighted by molar-refractivity contribution is 6.99. The number of rotatable bonds is 12. The average molecular weight is 617 g/mol. The molecule has 1 heterocycles. The number of carbonyl (C=O) groups excluding carboxylic acids is 1. The fourth-order valence-electron chi connectivity index (χ4n) is 5.99. The zero-order valence-electron chi connectivity index (χ0n) is 27.1. The van der Waals surface area contributed by atoms with Crippen LogP contribution >= 0.6 is 0 Å². The van der Waals surface area contributed by atoms with Crippen molar-refractivity contribution in [3.05, 3.63) is 109 Å². The highest BCUT2D eigenvalue weighted by Crippen LogP contribution is 2.38. The standard InChI is InChI=1S/C37H48O6Si/c1-27(28(2)43-44(36(3,4)5,30-19-13-9-14-20-30)31-21-15-10-16-22-31)23-24-32(40-35(39)29-17-11-8-12-18-29)34-33(25-26-38)41-37(6,7)42-34/h8-24,27-28,32-34,38H,25-26H2,1-7H3/t27-,28+,32?,33?,34?/m1/s1. The van der Waals surface area contributed by atoms with Crippen molar-refractivity contribution in [2.75, 3.05) is 6.61 Å². The van der Waals surface area contributed by atoms with Crippen LogP contribution in [0, 0.1) is 5.92 Å². The number of aliphatic hydroxyl groups excluding tert-OH is 1. The van der Waals surface area contributed by atoms with Crippen molar-refractivity contribution in [1.29, 1.82) is 0 Å². The van der Waals surface area contributed by atoms with Crippen molar-refractivity contribution in [1.82, 2.24) is 0 Å². The Morgan fingerprint density at radius 3 is 1.91 bits per heavy atom. The largest absolute Gasteiger partial charge is 0.452 e. The highest BCUT2D eigenvalue weighted by Gasteiger charge is 2.51. The molecule has 3 aromatic carbocycles. The summed E-state index contributed by atoms with van der Waals surface area (Å²) in [6.45, 7) is 14.6. The maximum Gasteiger partial charge on any atom is 0.338 e. The third-order valence-electron chi connectivity index (χ3n) is 8.34. The minimum atomic E-state index is -2.76. The molecule has 0 saturated carbocycles. The van der Waals surface area contributed by atoms with Crippen LogP contribution in [0.25, 0.3) is 0 Å². The molecule has 4 rings (SSSR count). The van der Waals surface area contributed by atoms with Gasteiger partial charge in [0.05, 0.1) is 11.7 Å². The van der Waals surface area contributed by atoms with E-state index in [0.717, 1.165) is 0 Å². The molecule has 0 amide bonds. The van der Waals surface area contributed by atoms with E-state index in [9.17, 15) is 9.90 Å². The Balaban J connectivity index is 1.65. The van der Waals surface area contributed by atoms with E-state index in [4.69, 9.17) is 18.6 Å². The van der Waals surface area contributed by atoms with Crippen LogP contribution in [0.15, 0.2) is 103 Å². The monoisotopic (exact) mass is 616 g/mol. The van der Waals surface area contributed by atoms with Gasteiger partial charge in [-0.2, -0.15) is 0 Å². The van der Waals surface area contributed by atoms with E-state index < -0.39 is 38.4 Å². The minimum Gasteiger partial charge on any atom is -0.452 e. The lowest BCUT2D eigenvalue weighted by Crippen LogP contribution is -2.67. The van der Waals surface area contributed by atoms with Crippen molar-refractivity contribution in [2.24, 2.45) is 5.92 Å². The van der Waals surface area contributed by atoms with E-state index in [2.05, 4.69) is 89.2 Å². The Labute approximate surface area is 264 Å². The number of benzene rings is 3. The molecule has 0 aromatic heterocycles. The molecular weight excluding hydrogens is 568 g/mol. The molecule has 1 saturated heterocycles. The molecule has 0 bridgehead atoms. The zero-order chi connectivity index (χ0) is 32.0. The molecule has 1 aliphatic heterocycles. The maximum atomic E-state index is 13.2. The topological polar surface area (TPSA) is 74.2 Å². The Morgan fingerprint density at radius 2 is 1.41 bits per heavy atom. The van der Waals surface area contributed by atoms with Crippen LogP contribution in [0.1, 0.15) is 65.2 Å². The second-order valence-corrected chi connectivity index (χ2v) is 17.4. The predicted octanol–water partition coefficient (Wildman–Crippen LogP) is 6.27. The van der Waals surface area contributed by atoms with Gasteiger partial charge in [0.25, 0.3) is 8.32 Å². The second-order valence-electron chi connectivity index (χ2n) is 13.1. The van der Waals surface area contributed by atoms with E-state index in [1.54, 1.807) is 24.3 Å².